The van der Waals surface area contributed by atoms with Gasteiger partial charge in [-0.15, -0.1) is 0 Å². The first kappa shape index (κ1) is 21.2. The van der Waals surface area contributed by atoms with Gasteiger partial charge in [0.1, 0.15) is 11.6 Å². The number of thioether (sulfide) groups is 1. The standard InChI is InChI=1S/C24H17N3O4S/c25-13-16-7-2-4-10-19(16)26-22(28)14-30-23(29)18-9-3-1-8-17(18)15-32-24-27-20-11-5-6-12-21(20)31-24/h1-12H,14-15H2,(H,26,28). The van der Waals surface area contributed by atoms with E-state index in [0.717, 1.165) is 11.1 Å². The minimum Gasteiger partial charge on any atom is -0.452 e. The molecule has 0 unspecified atom stereocenters. The summed E-state index contributed by atoms with van der Waals surface area (Å²) in [5.41, 5.74) is 3.26. The van der Waals surface area contributed by atoms with Gasteiger partial charge in [-0.1, -0.05) is 54.2 Å². The molecular formula is C24H17N3O4S. The van der Waals surface area contributed by atoms with Crippen LogP contribution in [0.5, 0.6) is 0 Å². The van der Waals surface area contributed by atoms with Crippen LogP contribution < -0.4 is 5.32 Å². The number of anilines is 1. The topological polar surface area (TPSA) is 105 Å². The van der Waals surface area contributed by atoms with Crippen molar-refractivity contribution in [3.8, 4) is 6.07 Å². The zero-order chi connectivity index (χ0) is 22.3. The van der Waals surface area contributed by atoms with Crippen molar-refractivity contribution >= 4 is 40.4 Å². The Morgan fingerprint density at radius 3 is 2.62 bits per heavy atom. The van der Waals surface area contributed by atoms with E-state index in [9.17, 15) is 9.59 Å². The van der Waals surface area contributed by atoms with Gasteiger partial charge in [-0.2, -0.15) is 5.26 Å². The average molecular weight is 443 g/mol. The number of aromatic nitrogens is 1. The molecule has 7 nitrogen and oxygen atoms in total. The first-order chi connectivity index (χ1) is 15.6. The van der Waals surface area contributed by atoms with E-state index in [1.807, 2.05) is 42.5 Å². The van der Waals surface area contributed by atoms with E-state index in [4.69, 9.17) is 14.4 Å². The molecule has 1 aromatic heterocycles. The van der Waals surface area contributed by atoms with Gasteiger partial charge in [-0.3, -0.25) is 4.79 Å². The second-order valence-corrected chi connectivity index (χ2v) is 7.60. The Morgan fingerprint density at radius 2 is 1.78 bits per heavy atom. The van der Waals surface area contributed by atoms with Gasteiger partial charge in [0, 0.05) is 5.75 Å². The number of oxazole rings is 1. The number of ether oxygens (including phenoxy) is 1. The second-order valence-electron chi connectivity index (χ2n) is 6.68. The molecule has 0 saturated heterocycles. The van der Waals surface area contributed by atoms with Crippen LogP contribution in [0.3, 0.4) is 0 Å². The van der Waals surface area contributed by atoms with E-state index in [1.165, 1.54) is 11.8 Å². The van der Waals surface area contributed by atoms with Gasteiger partial charge in [0.15, 0.2) is 12.2 Å². The smallest absolute Gasteiger partial charge is 0.338 e. The average Bonchev–Trinajstić information content (AvgIpc) is 3.25. The number of rotatable bonds is 7. The minimum atomic E-state index is -0.609. The number of amides is 1. The SMILES string of the molecule is N#Cc1ccccc1NC(=O)COC(=O)c1ccccc1CSc1nc2ccccc2o1. The van der Waals surface area contributed by atoms with E-state index in [1.54, 1.807) is 36.4 Å². The highest BCUT2D eigenvalue weighted by Crippen LogP contribution is 2.27. The molecule has 0 radical (unpaired) electrons. The Kier molecular flexibility index (Phi) is 6.49. The zero-order valence-electron chi connectivity index (χ0n) is 16.8. The minimum absolute atomic E-state index is 0.328. The maximum atomic E-state index is 12.6. The predicted molar refractivity (Wildman–Crippen MR) is 120 cm³/mol. The van der Waals surface area contributed by atoms with Crippen molar-refractivity contribution in [1.82, 2.24) is 4.98 Å². The third-order valence-electron chi connectivity index (χ3n) is 4.52. The van der Waals surface area contributed by atoms with E-state index in [2.05, 4.69) is 10.3 Å². The summed E-state index contributed by atoms with van der Waals surface area (Å²) in [6.07, 6.45) is 0. The summed E-state index contributed by atoms with van der Waals surface area (Å²) < 4.78 is 10.9. The van der Waals surface area contributed by atoms with Crippen LogP contribution in [0.25, 0.3) is 11.1 Å². The van der Waals surface area contributed by atoms with Gasteiger partial charge in [0.2, 0.25) is 0 Å². The summed E-state index contributed by atoms with van der Waals surface area (Å²) in [5.74, 6) is -0.693. The third-order valence-corrected chi connectivity index (χ3v) is 5.40. The number of carbonyl (C=O) groups excluding carboxylic acids is 2. The molecule has 3 aromatic carbocycles. The maximum absolute atomic E-state index is 12.6. The van der Waals surface area contributed by atoms with Gasteiger partial charge in [-0.05, 0) is 35.9 Å². The number of esters is 1. The molecule has 0 bridgehead atoms. The molecule has 4 rings (SSSR count). The van der Waals surface area contributed by atoms with Gasteiger partial charge in [0.05, 0.1) is 16.8 Å². The van der Waals surface area contributed by atoms with Crippen LogP contribution in [-0.2, 0) is 15.3 Å². The van der Waals surface area contributed by atoms with E-state index >= 15 is 0 Å². The van der Waals surface area contributed by atoms with Crippen molar-refractivity contribution < 1.29 is 18.7 Å². The monoisotopic (exact) mass is 443 g/mol. The fraction of sp³-hybridized carbons (Fsp3) is 0.0833. The predicted octanol–water partition coefficient (Wildman–Crippen LogP) is 4.79. The molecule has 1 N–H and O–H groups in total. The maximum Gasteiger partial charge on any atom is 0.338 e. The van der Waals surface area contributed by atoms with Gasteiger partial charge < -0.3 is 14.5 Å². The lowest BCUT2D eigenvalue weighted by Gasteiger charge is -2.10. The summed E-state index contributed by atoms with van der Waals surface area (Å²) in [5, 5.41) is 12.2. The number of para-hydroxylation sites is 3. The van der Waals surface area contributed by atoms with Crippen molar-refractivity contribution in [3.63, 3.8) is 0 Å². The molecule has 4 aromatic rings. The summed E-state index contributed by atoms with van der Waals surface area (Å²) in [6, 6.07) is 23.1. The van der Waals surface area contributed by atoms with Crippen LogP contribution in [0, 0.1) is 11.3 Å². The number of hydrogen-bond acceptors (Lipinski definition) is 7. The molecule has 0 aliphatic rings. The molecule has 0 saturated carbocycles. The van der Waals surface area contributed by atoms with Gasteiger partial charge in [-0.25, -0.2) is 9.78 Å². The Labute approximate surface area is 188 Å². The number of nitrogens with zero attached hydrogens (tertiary/aromatic N) is 2. The van der Waals surface area contributed by atoms with Crippen molar-refractivity contribution in [2.75, 3.05) is 11.9 Å². The number of nitrogens with one attached hydrogen (secondary N) is 1. The molecule has 0 atom stereocenters. The molecule has 0 aliphatic carbocycles. The van der Waals surface area contributed by atoms with Crippen LogP contribution in [0.2, 0.25) is 0 Å². The third kappa shape index (κ3) is 4.96. The van der Waals surface area contributed by atoms with E-state index in [0.29, 0.717) is 33.4 Å². The number of nitriles is 1. The van der Waals surface area contributed by atoms with Crippen molar-refractivity contribution in [3.05, 3.63) is 89.5 Å². The fourth-order valence-electron chi connectivity index (χ4n) is 2.98. The lowest BCUT2D eigenvalue weighted by atomic mass is 10.1. The molecule has 1 heterocycles. The molecule has 8 heteroatoms. The van der Waals surface area contributed by atoms with Crippen molar-refractivity contribution in [1.29, 1.82) is 5.26 Å². The molecule has 0 fully saturated rings. The Hall–Kier alpha value is -4.09. The molecule has 1 amide bonds. The van der Waals surface area contributed by atoms with Crippen LogP contribution in [0.1, 0.15) is 21.5 Å². The van der Waals surface area contributed by atoms with Gasteiger partial charge in [0.25, 0.3) is 11.1 Å². The first-order valence-electron chi connectivity index (χ1n) is 9.66. The lowest BCUT2D eigenvalue weighted by Crippen LogP contribution is -2.21. The number of hydrogen-bond donors (Lipinski definition) is 1. The Morgan fingerprint density at radius 1 is 1.03 bits per heavy atom. The van der Waals surface area contributed by atoms with Crippen molar-refractivity contribution in [2.24, 2.45) is 0 Å². The van der Waals surface area contributed by atoms with Crippen LogP contribution in [-0.4, -0.2) is 23.5 Å². The summed E-state index contributed by atoms with van der Waals surface area (Å²) in [7, 11) is 0. The number of carbonyl (C=O) groups is 2. The summed E-state index contributed by atoms with van der Waals surface area (Å²) in [4.78, 5) is 29.2. The quantitative estimate of drug-likeness (QED) is 0.323. The largest absolute Gasteiger partial charge is 0.452 e. The molecule has 0 spiro atoms. The Bertz CT molecular complexity index is 1290. The van der Waals surface area contributed by atoms with Gasteiger partial charge >= 0.3 is 5.97 Å². The normalized spacial score (nSPS) is 10.5. The van der Waals surface area contributed by atoms with Crippen LogP contribution in [0.4, 0.5) is 5.69 Å². The molecule has 32 heavy (non-hydrogen) atoms. The first-order valence-corrected chi connectivity index (χ1v) is 10.6. The van der Waals surface area contributed by atoms with Crippen molar-refractivity contribution in [2.45, 2.75) is 11.0 Å². The molecule has 0 aliphatic heterocycles. The molecule has 158 valence electrons. The summed E-state index contributed by atoms with van der Waals surface area (Å²) >= 11 is 1.37. The number of benzene rings is 3. The highest BCUT2D eigenvalue weighted by Gasteiger charge is 2.16. The highest BCUT2D eigenvalue weighted by molar-refractivity contribution is 7.98. The van der Waals surface area contributed by atoms with Crippen LogP contribution >= 0.6 is 11.8 Å². The van der Waals surface area contributed by atoms with E-state index < -0.39 is 18.5 Å². The van der Waals surface area contributed by atoms with Crippen LogP contribution in [0.15, 0.2) is 82.4 Å². The number of fused-ring (bicyclic) bond motifs is 1. The summed E-state index contributed by atoms with van der Waals surface area (Å²) in [6.45, 7) is -0.467. The fourth-order valence-corrected chi connectivity index (χ4v) is 3.82. The van der Waals surface area contributed by atoms with E-state index in [-0.39, 0.29) is 0 Å². The lowest BCUT2D eigenvalue weighted by molar-refractivity contribution is -0.119. The second kappa shape index (κ2) is 9.81. The molecular weight excluding hydrogens is 426 g/mol. The highest BCUT2D eigenvalue weighted by atomic mass is 32.2. The Balaban J connectivity index is 1.37. The zero-order valence-corrected chi connectivity index (χ0v) is 17.6.